The van der Waals surface area contributed by atoms with Gasteiger partial charge in [0.25, 0.3) is 0 Å². The number of hydrogen-bond acceptors (Lipinski definition) is 5. The fourth-order valence-corrected chi connectivity index (χ4v) is 4.82. The molecule has 30 heavy (non-hydrogen) atoms. The van der Waals surface area contributed by atoms with Crippen LogP contribution in [0.25, 0.3) is 0 Å². The maximum atomic E-state index is 12.4. The van der Waals surface area contributed by atoms with Crippen molar-refractivity contribution < 1.29 is 18.0 Å². The van der Waals surface area contributed by atoms with Gasteiger partial charge in [-0.3, -0.25) is 9.59 Å². The number of anilines is 1. The van der Waals surface area contributed by atoms with Crippen LogP contribution in [0.1, 0.15) is 24.0 Å². The first-order valence-corrected chi connectivity index (χ1v) is 12.3. The minimum atomic E-state index is -3.70. The lowest BCUT2D eigenvalue weighted by Gasteiger charge is -2.12. The Balaban J connectivity index is 1.36. The van der Waals surface area contributed by atoms with Crippen LogP contribution in [-0.4, -0.2) is 37.8 Å². The minimum absolute atomic E-state index is 0.00621. The third kappa shape index (κ3) is 6.32. The summed E-state index contributed by atoms with van der Waals surface area (Å²) in [6.45, 7) is 0.456. The fourth-order valence-electron chi connectivity index (χ4n) is 3.22. The van der Waals surface area contributed by atoms with Crippen LogP contribution in [0.2, 0.25) is 0 Å². The van der Waals surface area contributed by atoms with Gasteiger partial charge in [0.2, 0.25) is 21.8 Å². The van der Waals surface area contributed by atoms with Crippen molar-refractivity contribution in [1.29, 1.82) is 0 Å². The molecular weight excluding hydrogens is 422 g/mol. The molecule has 2 aromatic carbocycles. The monoisotopic (exact) mass is 447 g/mol. The Labute approximate surface area is 180 Å². The molecule has 0 aromatic heterocycles. The second kappa shape index (κ2) is 10.1. The smallest absolute Gasteiger partial charge is 0.238 e. The summed E-state index contributed by atoms with van der Waals surface area (Å²) >= 11 is 1.51. The molecular formula is C21H25N3O4S2. The Bertz CT molecular complexity index is 1010. The van der Waals surface area contributed by atoms with Gasteiger partial charge in [0.15, 0.2) is 0 Å². The number of thioether (sulfide) groups is 1. The van der Waals surface area contributed by atoms with E-state index in [1.54, 1.807) is 12.1 Å². The first kappa shape index (κ1) is 22.3. The molecule has 1 aliphatic rings. The van der Waals surface area contributed by atoms with Crippen molar-refractivity contribution >= 4 is 39.3 Å². The maximum Gasteiger partial charge on any atom is 0.238 e. The minimum Gasteiger partial charge on any atom is -0.356 e. The van der Waals surface area contributed by atoms with Gasteiger partial charge in [-0.05, 0) is 48.6 Å². The molecule has 0 saturated heterocycles. The van der Waals surface area contributed by atoms with E-state index in [4.69, 9.17) is 5.14 Å². The van der Waals surface area contributed by atoms with Crippen LogP contribution < -0.4 is 15.8 Å². The Morgan fingerprint density at radius 1 is 1.17 bits per heavy atom. The van der Waals surface area contributed by atoms with Crippen molar-refractivity contribution in [2.24, 2.45) is 5.14 Å². The third-order valence-electron chi connectivity index (χ3n) is 4.88. The van der Waals surface area contributed by atoms with Crippen LogP contribution in [-0.2, 0) is 32.5 Å². The molecule has 9 heteroatoms. The summed E-state index contributed by atoms with van der Waals surface area (Å²) in [6.07, 6.45) is 2.52. The van der Waals surface area contributed by atoms with Crippen LogP contribution in [0, 0.1) is 0 Å². The zero-order valence-corrected chi connectivity index (χ0v) is 18.1. The van der Waals surface area contributed by atoms with Gasteiger partial charge in [-0.2, -0.15) is 0 Å². The molecule has 0 saturated carbocycles. The van der Waals surface area contributed by atoms with E-state index in [9.17, 15) is 18.0 Å². The van der Waals surface area contributed by atoms with Gasteiger partial charge in [0, 0.05) is 24.4 Å². The molecule has 0 radical (unpaired) electrons. The molecule has 0 fully saturated rings. The maximum absolute atomic E-state index is 12.4. The summed E-state index contributed by atoms with van der Waals surface area (Å²) in [5.74, 6) is 0.498. The van der Waals surface area contributed by atoms with Crippen LogP contribution in [0.3, 0.4) is 0 Å². The summed E-state index contributed by atoms with van der Waals surface area (Å²) in [5.41, 5.74) is 2.93. The number of carbonyl (C=O) groups excluding carboxylic acids is 2. The average Bonchev–Trinajstić information content (AvgIpc) is 2.86. The first-order chi connectivity index (χ1) is 14.3. The Hall–Kier alpha value is -2.36. The number of nitrogens with two attached hydrogens (primary N) is 1. The van der Waals surface area contributed by atoms with Crippen LogP contribution in [0.5, 0.6) is 0 Å². The summed E-state index contributed by atoms with van der Waals surface area (Å²) in [6, 6.07) is 14.1. The van der Waals surface area contributed by atoms with Crippen LogP contribution >= 0.6 is 11.8 Å². The SMILES string of the molecule is NS(=O)(=O)c1ccc(CCNC(=O)CCSC2CCc3ccccc3NC2=O)cc1. The number of fused-ring (bicyclic) bond motifs is 1. The van der Waals surface area contributed by atoms with E-state index in [-0.39, 0.29) is 22.0 Å². The van der Waals surface area contributed by atoms with Gasteiger partial charge < -0.3 is 10.6 Å². The number of carbonyl (C=O) groups is 2. The molecule has 1 unspecified atom stereocenters. The number of sulfonamides is 1. The number of primary sulfonamides is 1. The van der Waals surface area contributed by atoms with Crippen molar-refractivity contribution in [1.82, 2.24) is 5.32 Å². The molecule has 0 bridgehead atoms. The van der Waals surface area contributed by atoms with Crippen molar-refractivity contribution in [3.63, 3.8) is 0 Å². The highest BCUT2D eigenvalue weighted by Gasteiger charge is 2.23. The van der Waals surface area contributed by atoms with E-state index >= 15 is 0 Å². The van der Waals surface area contributed by atoms with Crippen molar-refractivity contribution in [3.8, 4) is 0 Å². The lowest BCUT2D eigenvalue weighted by molar-refractivity contribution is -0.120. The zero-order chi connectivity index (χ0) is 21.6. The molecule has 1 heterocycles. The lowest BCUT2D eigenvalue weighted by Crippen LogP contribution is -2.27. The first-order valence-electron chi connectivity index (χ1n) is 9.72. The van der Waals surface area contributed by atoms with Gasteiger partial charge in [-0.25, -0.2) is 13.6 Å². The quantitative estimate of drug-likeness (QED) is 0.572. The number of aryl methyl sites for hydroxylation is 1. The molecule has 160 valence electrons. The second-order valence-electron chi connectivity index (χ2n) is 7.08. The zero-order valence-electron chi connectivity index (χ0n) is 16.5. The number of benzene rings is 2. The fraction of sp³-hybridized carbons (Fsp3) is 0.333. The number of rotatable bonds is 8. The van der Waals surface area contributed by atoms with E-state index in [0.717, 1.165) is 29.7 Å². The Kier molecular flexibility index (Phi) is 7.52. The number of amides is 2. The molecule has 3 rings (SSSR count). The Morgan fingerprint density at radius 2 is 1.90 bits per heavy atom. The normalized spacial score (nSPS) is 16.3. The third-order valence-corrected chi connectivity index (χ3v) is 7.10. The summed E-state index contributed by atoms with van der Waals surface area (Å²) in [4.78, 5) is 24.5. The van der Waals surface area contributed by atoms with Crippen molar-refractivity contribution in [2.45, 2.75) is 35.8 Å². The number of nitrogens with one attached hydrogen (secondary N) is 2. The van der Waals surface area contributed by atoms with Crippen molar-refractivity contribution in [3.05, 3.63) is 59.7 Å². The van der Waals surface area contributed by atoms with E-state index in [1.807, 2.05) is 24.3 Å². The largest absolute Gasteiger partial charge is 0.356 e. The average molecular weight is 448 g/mol. The Morgan fingerprint density at radius 3 is 2.63 bits per heavy atom. The topological polar surface area (TPSA) is 118 Å². The molecule has 7 nitrogen and oxygen atoms in total. The number of para-hydroxylation sites is 1. The predicted molar refractivity (Wildman–Crippen MR) is 119 cm³/mol. The second-order valence-corrected chi connectivity index (χ2v) is 9.96. The van der Waals surface area contributed by atoms with E-state index in [0.29, 0.717) is 25.1 Å². The van der Waals surface area contributed by atoms with Crippen LogP contribution in [0.15, 0.2) is 53.4 Å². The summed E-state index contributed by atoms with van der Waals surface area (Å²) < 4.78 is 22.5. The highest BCUT2D eigenvalue weighted by atomic mass is 32.2. The number of hydrogen-bond donors (Lipinski definition) is 3. The molecule has 1 aliphatic heterocycles. The predicted octanol–water partition coefficient (Wildman–Crippen LogP) is 2.07. The lowest BCUT2D eigenvalue weighted by atomic mass is 10.1. The molecule has 1 atom stereocenters. The van der Waals surface area contributed by atoms with Gasteiger partial charge in [-0.15, -0.1) is 11.8 Å². The van der Waals surface area contributed by atoms with Gasteiger partial charge in [-0.1, -0.05) is 30.3 Å². The molecule has 2 amide bonds. The van der Waals surface area contributed by atoms with E-state index in [1.165, 1.54) is 23.9 Å². The summed E-state index contributed by atoms with van der Waals surface area (Å²) in [5, 5.41) is 10.7. The van der Waals surface area contributed by atoms with Crippen molar-refractivity contribution in [2.75, 3.05) is 17.6 Å². The molecule has 4 N–H and O–H groups in total. The van der Waals surface area contributed by atoms with Gasteiger partial charge >= 0.3 is 0 Å². The standard InChI is InChI=1S/C21H25N3O4S2/c22-30(27,28)17-8-5-15(6-9-17)11-13-23-20(25)12-14-29-19-10-7-16-3-1-2-4-18(16)24-21(19)26/h1-6,8-9,19H,7,10-14H2,(H,23,25)(H,24,26)(H2,22,27,28). The van der Waals surface area contributed by atoms with E-state index in [2.05, 4.69) is 10.6 Å². The molecule has 0 aliphatic carbocycles. The van der Waals surface area contributed by atoms with Gasteiger partial charge in [0.05, 0.1) is 10.1 Å². The summed E-state index contributed by atoms with van der Waals surface area (Å²) in [7, 11) is -3.70. The van der Waals surface area contributed by atoms with E-state index < -0.39 is 10.0 Å². The highest BCUT2D eigenvalue weighted by molar-refractivity contribution is 8.00. The van der Waals surface area contributed by atoms with Crippen LogP contribution in [0.4, 0.5) is 5.69 Å². The highest BCUT2D eigenvalue weighted by Crippen LogP contribution is 2.27. The molecule has 0 spiro atoms. The van der Waals surface area contributed by atoms with Gasteiger partial charge in [0.1, 0.15) is 0 Å². The molecule has 2 aromatic rings.